The van der Waals surface area contributed by atoms with Gasteiger partial charge in [-0.1, -0.05) is 29.3 Å². The molecule has 102 valence electrons. The summed E-state index contributed by atoms with van der Waals surface area (Å²) in [6, 6.07) is 5.72. The molecule has 1 aromatic carbocycles. The van der Waals surface area contributed by atoms with E-state index in [9.17, 15) is 5.11 Å². The van der Waals surface area contributed by atoms with Crippen molar-refractivity contribution in [3.8, 4) is 5.75 Å². The second-order valence-electron chi connectivity index (χ2n) is 4.53. The van der Waals surface area contributed by atoms with Gasteiger partial charge in [0.1, 0.15) is 12.4 Å². The van der Waals surface area contributed by atoms with Crippen molar-refractivity contribution < 1.29 is 9.84 Å². The molecule has 2 rings (SSSR count). The summed E-state index contributed by atoms with van der Waals surface area (Å²) in [6.07, 6.45) is 0. The van der Waals surface area contributed by atoms with Gasteiger partial charge in [-0.15, -0.1) is 0 Å². The van der Waals surface area contributed by atoms with Gasteiger partial charge < -0.3 is 9.84 Å². The Morgan fingerprint density at radius 1 is 1.37 bits per heavy atom. The van der Waals surface area contributed by atoms with Crippen LogP contribution in [0.3, 0.4) is 0 Å². The highest BCUT2D eigenvalue weighted by atomic mass is 35.5. The van der Waals surface area contributed by atoms with Crippen molar-refractivity contribution >= 4 is 11.6 Å². The van der Waals surface area contributed by atoms with Crippen LogP contribution in [0.4, 0.5) is 0 Å². The monoisotopic (exact) mass is 280 g/mol. The quantitative estimate of drug-likeness (QED) is 0.937. The van der Waals surface area contributed by atoms with Crippen molar-refractivity contribution in [2.24, 2.45) is 7.05 Å². The molecule has 1 heterocycles. The van der Waals surface area contributed by atoms with E-state index in [1.165, 1.54) is 0 Å². The Morgan fingerprint density at radius 2 is 2.11 bits per heavy atom. The Kier molecular flexibility index (Phi) is 4.12. The number of ether oxygens (including phenoxy) is 1. The van der Waals surface area contributed by atoms with E-state index in [2.05, 4.69) is 5.10 Å². The Hall–Kier alpha value is -1.52. The lowest BCUT2D eigenvalue weighted by atomic mass is 10.1. The number of benzene rings is 1. The third-order valence-corrected chi connectivity index (χ3v) is 3.50. The van der Waals surface area contributed by atoms with Crippen LogP contribution in [0.15, 0.2) is 18.2 Å². The number of halogens is 1. The van der Waals surface area contributed by atoms with Crippen LogP contribution in [0.2, 0.25) is 5.02 Å². The van der Waals surface area contributed by atoms with E-state index in [4.69, 9.17) is 16.3 Å². The van der Waals surface area contributed by atoms with Crippen LogP contribution < -0.4 is 4.74 Å². The van der Waals surface area contributed by atoms with Gasteiger partial charge in [-0.2, -0.15) is 5.10 Å². The largest absolute Gasteiger partial charge is 0.487 e. The van der Waals surface area contributed by atoms with Gasteiger partial charge >= 0.3 is 0 Å². The number of aryl methyl sites for hydroxylation is 3. The number of aliphatic hydroxyl groups is 1. The second kappa shape index (κ2) is 5.63. The van der Waals surface area contributed by atoms with Gasteiger partial charge in [-0.3, -0.25) is 4.68 Å². The fraction of sp³-hybridized carbons (Fsp3) is 0.357. The van der Waals surface area contributed by atoms with E-state index in [1.807, 2.05) is 39.1 Å². The van der Waals surface area contributed by atoms with Crippen LogP contribution in [0.1, 0.15) is 22.5 Å². The minimum absolute atomic E-state index is 0.0465. The van der Waals surface area contributed by atoms with Crippen molar-refractivity contribution in [1.82, 2.24) is 9.78 Å². The lowest BCUT2D eigenvalue weighted by Gasteiger charge is -2.11. The molecule has 19 heavy (non-hydrogen) atoms. The highest BCUT2D eigenvalue weighted by Crippen LogP contribution is 2.24. The number of aromatic nitrogens is 2. The standard InChI is InChI=1S/C14H17ClN2O2/c1-9-4-5-13(11(6-9)7-18)19-8-12-14(15)10(2)16-17(12)3/h4-6,18H,7-8H2,1-3H3. The second-order valence-corrected chi connectivity index (χ2v) is 4.91. The smallest absolute Gasteiger partial charge is 0.131 e. The average Bonchev–Trinajstić information content (AvgIpc) is 2.62. The first kappa shape index (κ1) is 13.9. The first-order valence-electron chi connectivity index (χ1n) is 6.04. The Morgan fingerprint density at radius 3 is 2.68 bits per heavy atom. The molecule has 5 heteroatoms. The Bertz CT molecular complexity index is 593. The molecule has 0 radical (unpaired) electrons. The van der Waals surface area contributed by atoms with E-state index < -0.39 is 0 Å². The highest BCUT2D eigenvalue weighted by Gasteiger charge is 2.12. The van der Waals surface area contributed by atoms with Crippen molar-refractivity contribution in [2.45, 2.75) is 27.1 Å². The summed E-state index contributed by atoms with van der Waals surface area (Å²) in [7, 11) is 1.83. The number of aliphatic hydroxyl groups excluding tert-OH is 1. The fourth-order valence-electron chi connectivity index (χ4n) is 1.96. The van der Waals surface area contributed by atoms with Gasteiger partial charge in [0.25, 0.3) is 0 Å². The first-order valence-corrected chi connectivity index (χ1v) is 6.42. The molecule has 0 aliphatic rings. The van der Waals surface area contributed by atoms with E-state index in [0.717, 1.165) is 22.5 Å². The molecule has 0 fully saturated rings. The van der Waals surface area contributed by atoms with Gasteiger partial charge in [0.2, 0.25) is 0 Å². The van der Waals surface area contributed by atoms with E-state index in [0.29, 0.717) is 17.4 Å². The predicted octanol–water partition coefficient (Wildman–Crippen LogP) is 2.76. The summed E-state index contributed by atoms with van der Waals surface area (Å²) >= 11 is 6.17. The van der Waals surface area contributed by atoms with Crippen LogP contribution in [0, 0.1) is 13.8 Å². The number of hydrogen-bond donors (Lipinski definition) is 1. The van der Waals surface area contributed by atoms with Crippen molar-refractivity contribution in [3.63, 3.8) is 0 Å². The van der Waals surface area contributed by atoms with Gasteiger partial charge in [-0.25, -0.2) is 0 Å². The van der Waals surface area contributed by atoms with Gasteiger partial charge in [0, 0.05) is 12.6 Å². The molecule has 1 aromatic heterocycles. The summed E-state index contributed by atoms with van der Waals surface area (Å²) in [4.78, 5) is 0. The van der Waals surface area contributed by atoms with Gasteiger partial charge in [0.05, 0.1) is 23.0 Å². The molecule has 1 N–H and O–H groups in total. The molecule has 0 amide bonds. The summed E-state index contributed by atoms with van der Waals surface area (Å²) < 4.78 is 7.45. The normalized spacial score (nSPS) is 10.8. The average molecular weight is 281 g/mol. The van der Waals surface area contributed by atoms with E-state index >= 15 is 0 Å². The van der Waals surface area contributed by atoms with Gasteiger partial charge in [-0.05, 0) is 19.9 Å². The molecular weight excluding hydrogens is 264 g/mol. The molecule has 0 unspecified atom stereocenters. The molecule has 2 aromatic rings. The van der Waals surface area contributed by atoms with E-state index in [1.54, 1.807) is 4.68 Å². The zero-order chi connectivity index (χ0) is 14.0. The number of rotatable bonds is 4. The molecule has 0 bridgehead atoms. The molecule has 0 aliphatic carbocycles. The summed E-state index contributed by atoms with van der Waals surface area (Å²) in [5.74, 6) is 0.669. The van der Waals surface area contributed by atoms with Crippen molar-refractivity contribution in [1.29, 1.82) is 0 Å². The SMILES string of the molecule is Cc1ccc(OCc2c(Cl)c(C)nn2C)c(CO)c1. The van der Waals surface area contributed by atoms with Crippen LogP contribution in [0.5, 0.6) is 5.75 Å². The molecule has 4 nitrogen and oxygen atoms in total. The minimum atomic E-state index is -0.0465. The molecule has 0 saturated carbocycles. The molecule has 0 atom stereocenters. The van der Waals surface area contributed by atoms with Crippen molar-refractivity contribution in [2.75, 3.05) is 0 Å². The van der Waals surface area contributed by atoms with E-state index in [-0.39, 0.29) is 6.61 Å². The molecule has 0 spiro atoms. The Labute approximate surface area is 117 Å². The predicted molar refractivity (Wildman–Crippen MR) is 74.4 cm³/mol. The summed E-state index contributed by atoms with van der Waals surface area (Å²) in [5.41, 5.74) is 3.47. The van der Waals surface area contributed by atoms with Crippen LogP contribution in [0.25, 0.3) is 0 Å². The van der Waals surface area contributed by atoms with Crippen LogP contribution in [-0.2, 0) is 20.3 Å². The maximum Gasteiger partial charge on any atom is 0.131 e. The molecular formula is C14H17ClN2O2. The number of nitrogens with zero attached hydrogens (tertiary/aromatic N) is 2. The molecule has 0 aliphatic heterocycles. The third kappa shape index (κ3) is 2.91. The maximum atomic E-state index is 9.33. The third-order valence-electron chi connectivity index (χ3n) is 3.01. The molecule has 0 saturated heterocycles. The van der Waals surface area contributed by atoms with Crippen LogP contribution in [-0.4, -0.2) is 14.9 Å². The fourth-order valence-corrected chi connectivity index (χ4v) is 2.17. The lowest BCUT2D eigenvalue weighted by Crippen LogP contribution is -2.05. The topological polar surface area (TPSA) is 47.3 Å². The van der Waals surface area contributed by atoms with Crippen LogP contribution >= 0.6 is 11.6 Å². The van der Waals surface area contributed by atoms with Gasteiger partial charge in [0.15, 0.2) is 0 Å². The summed E-state index contributed by atoms with van der Waals surface area (Å²) in [6.45, 7) is 4.11. The lowest BCUT2D eigenvalue weighted by molar-refractivity contribution is 0.255. The maximum absolute atomic E-state index is 9.33. The minimum Gasteiger partial charge on any atom is -0.487 e. The highest BCUT2D eigenvalue weighted by molar-refractivity contribution is 6.31. The number of hydrogen-bond acceptors (Lipinski definition) is 3. The zero-order valence-corrected chi connectivity index (χ0v) is 12.0. The first-order chi connectivity index (χ1) is 9.02. The zero-order valence-electron chi connectivity index (χ0n) is 11.3. The summed E-state index contributed by atoms with van der Waals surface area (Å²) in [5, 5.41) is 14.2. The Balaban J connectivity index is 2.19. The van der Waals surface area contributed by atoms with Crippen molar-refractivity contribution in [3.05, 3.63) is 45.7 Å².